The van der Waals surface area contributed by atoms with Gasteiger partial charge in [-0.05, 0) is 12.8 Å². The van der Waals surface area contributed by atoms with Gasteiger partial charge in [0.05, 0.1) is 6.54 Å². The van der Waals surface area contributed by atoms with Gasteiger partial charge in [0.1, 0.15) is 12.0 Å². The zero-order valence-electron chi connectivity index (χ0n) is 7.73. The number of nitrogens with two attached hydrogens (primary N) is 1. The minimum atomic E-state index is 0.468. The second-order valence-corrected chi connectivity index (χ2v) is 3.22. The maximum absolute atomic E-state index is 5.30. The molecule has 0 aromatic carbocycles. The molecule has 0 saturated heterocycles. The molecule has 1 aromatic heterocycles. The molecular formula is C8H13N5O. The molecule has 6 heteroatoms. The number of hydrazine groups is 1. The van der Waals surface area contributed by atoms with Crippen LogP contribution in [0.2, 0.25) is 0 Å². The van der Waals surface area contributed by atoms with Crippen molar-refractivity contribution in [1.29, 1.82) is 0 Å². The Kier molecular flexibility index (Phi) is 2.64. The Morgan fingerprint density at radius 1 is 1.71 bits per heavy atom. The Bertz CT molecular complexity index is 304. The highest BCUT2D eigenvalue weighted by molar-refractivity contribution is 5.79. The van der Waals surface area contributed by atoms with Crippen LogP contribution in [0.1, 0.15) is 18.5 Å². The number of nitrogens with one attached hydrogen (secondary N) is 2. The van der Waals surface area contributed by atoms with Gasteiger partial charge in [-0.3, -0.25) is 5.43 Å². The molecule has 0 spiro atoms. The topological polar surface area (TPSA) is 88.5 Å². The molecule has 4 N–H and O–H groups in total. The van der Waals surface area contributed by atoms with Gasteiger partial charge in [-0.25, -0.2) is 10.8 Å². The van der Waals surface area contributed by atoms with E-state index in [0.29, 0.717) is 18.5 Å². The minimum Gasteiger partial charge on any atom is -0.364 e. The van der Waals surface area contributed by atoms with E-state index in [9.17, 15) is 0 Å². The van der Waals surface area contributed by atoms with Gasteiger partial charge < -0.3 is 9.84 Å². The molecule has 1 fully saturated rings. The van der Waals surface area contributed by atoms with E-state index in [1.54, 1.807) is 6.07 Å². The van der Waals surface area contributed by atoms with Gasteiger partial charge in [-0.15, -0.1) is 0 Å². The lowest BCUT2D eigenvalue weighted by Gasteiger charge is -2.06. The lowest BCUT2D eigenvalue weighted by Crippen LogP contribution is -2.42. The van der Waals surface area contributed by atoms with Crippen LogP contribution in [0.25, 0.3) is 0 Å². The first-order chi connectivity index (χ1) is 6.88. The summed E-state index contributed by atoms with van der Waals surface area (Å²) < 4.78 is 4.68. The Balaban J connectivity index is 1.86. The largest absolute Gasteiger partial charge is 0.364 e. The van der Waals surface area contributed by atoms with Crippen molar-refractivity contribution in [1.82, 2.24) is 15.9 Å². The van der Waals surface area contributed by atoms with Crippen molar-refractivity contribution >= 4 is 5.96 Å². The van der Waals surface area contributed by atoms with E-state index in [-0.39, 0.29) is 0 Å². The molecule has 76 valence electrons. The van der Waals surface area contributed by atoms with Gasteiger partial charge >= 0.3 is 0 Å². The van der Waals surface area contributed by atoms with E-state index in [2.05, 4.69) is 25.4 Å². The van der Waals surface area contributed by atoms with Gasteiger partial charge in [0.2, 0.25) is 5.96 Å². The second kappa shape index (κ2) is 4.10. The zero-order valence-corrected chi connectivity index (χ0v) is 7.73. The van der Waals surface area contributed by atoms with Gasteiger partial charge in [0.25, 0.3) is 0 Å². The minimum absolute atomic E-state index is 0.468. The summed E-state index contributed by atoms with van der Waals surface area (Å²) in [6, 6.07) is 2.30. The third-order valence-electron chi connectivity index (χ3n) is 1.95. The van der Waals surface area contributed by atoms with Crippen LogP contribution in [0.15, 0.2) is 21.8 Å². The Morgan fingerprint density at radius 3 is 3.14 bits per heavy atom. The third kappa shape index (κ3) is 2.46. The number of nitrogens with zero attached hydrogens (tertiary/aromatic N) is 2. The number of hydrogen-bond acceptors (Lipinski definition) is 4. The number of aliphatic imine (C=N–C) groups is 1. The molecule has 14 heavy (non-hydrogen) atoms. The third-order valence-corrected chi connectivity index (χ3v) is 1.95. The molecule has 1 aliphatic rings. The summed E-state index contributed by atoms with van der Waals surface area (Å²) in [6.45, 7) is 0.468. The molecule has 0 amide bonds. The fourth-order valence-corrected chi connectivity index (χ4v) is 1.03. The molecule has 1 saturated carbocycles. The fraction of sp³-hybridized carbons (Fsp3) is 0.500. The van der Waals surface area contributed by atoms with Crippen molar-refractivity contribution in [2.24, 2.45) is 10.8 Å². The molecular weight excluding hydrogens is 182 g/mol. The number of rotatable bonds is 3. The standard InChI is InChI=1S/C8H13N5O/c9-12-8(11-6-1-2-6)10-5-7-3-4-14-13-7/h3-4,6H,1-2,5,9H2,(H2,10,11,12). The number of aromatic nitrogens is 1. The molecule has 0 unspecified atom stereocenters. The Morgan fingerprint density at radius 2 is 2.57 bits per heavy atom. The summed E-state index contributed by atoms with van der Waals surface area (Å²) in [5, 5.41) is 6.90. The predicted octanol–water partition coefficient (Wildman–Crippen LogP) is -0.254. The maximum Gasteiger partial charge on any atom is 0.206 e. The van der Waals surface area contributed by atoms with Crippen LogP contribution < -0.4 is 16.6 Å². The molecule has 1 aromatic rings. The maximum atomic E-state index is 5.30. The number of guanidine groups is 1. The summed E-state index contributed by atoms with van der Waals surface area (Å²) in [5.41, 5.74) is 3.30. The van der Waals surface area contributed by atoms with Crippen LogP contribution >= 0.6 is 0 Å². The van der Waals surface area contributed by atoms with Crippen LogP contribution in [-0.2, 0) is 6.54 Å². The average molecular weight is 195 g/mol. The van der Waals surface area contributed by atoms with E-state index < -0.39 is 0 Å². The van der Waals surface area contributed by atoms with Crippen molar-refractivity contribution in [3.63, 3.8) is 0 Å². The zero-order chi connectivity index (χ0) is 9.80. The van der Waals surface area contributed by atoms with E-state index in [4.69, 9.17) is 5.84 Å². The Labute approximate surface area is 81.5 Å². The summed E-state index contributed by atoms with van der Waals surface area (Å²) in [5.74, 6) is 5.91. The van der Waals surface area contributed by atoms with Crippen molar-refractivity contribution in [2.45, 2.75) is 25.4 Å². The van der Waals surface area contributed by atoms with Crippen LogP contribution in [-0.4, -0.2) is 17.2 Å². The summed E-state index contributed by atoms with van der Waals surface area (Å²) >= 11 is 0. The molecule has 2 rings (SSSR count). The average Bonchev–Trinajstić information content (AvgIpc) is 2.86. The highest BCUT2D eigenvalue weighted by Gasteiger charge is 2.21. The monoisotopic (exact) mass is 195 g/mol. The van der Waals surface area contributed by atoms with Crippen LogP contribution in [0.3, 0.4) is 0 Å². The smallest absolute Gasteiger partial charge is 0.206 e. The van der Waals surface area contributed by atoms with E-state index >= 15 is 0 Å². The van der Waals surface area contributed by atoms with E-state index in [0.717, 1.165) is 5.69 Å². The lowest BCUT2D eigenvalue weighted by atomic mass is 10.4. The normalized spacial score (nSPS) is 16.8. The van der Waals surface area contributed by atoms with Crippen molar-refractivity contribution in [2.75, 3.05) is 0 Å². The first kappa shape index (κ1) is 9.01. The summed E-state index contributed by atoms with van der Waals surface area (Å²) in [7, 11) is 0. The second-order valence-electron chi connectivity index (χ2n) is 3.22. The highest BCUT2D eigenvalue weighted by Crippen LogP contribution is 2.18. The van der Waals surface area contributed by atoms with Crippen LogP contribution in [0.4, 0.5) is 0 Å². The lowest BCUT2D eigenvalue weighted by molar-refractivity contribution is 0.412. The molecule has 1 aliphatic carbocycles. The van der Waals surface area contributed by atoms with Gasteiger partial charge in [0, 0.05) is 12.1 Å². The predicted molar refractivity (Wildman–Crippen MR) is 51.1 cm³/mol. The first-order valence-corrected chi connectivity index (χ1v) is 4.55. The van der Waals surface area contributed by atoms with Crippen LogP contribution in [0, 0.1) is 0 Å². The molecule has 0 radical (unpaired) electrons. The molecule has 0 bridgehead atoms. The van der Waals surface area contributed by atoms with Crippen molar-refractivity contribution in [3.05, 3.63) is 18.0 Å². The van der Waals surface area contributed by atoms with Gasteiger partial charge in [0.15, 0.2) is 0 Å². The first-order valence-electron chi connectivity index (χ1n) is 4.55. The van der Waals surface area contributed by atoms with E-state index in [1.165, 1.54) is 19.1 Å². The molecule has 0 aliphatic heterocycles. The quantitative estimate of drug-likeness (QED) is 0.268. The molecule has 6 nitrogen and oxygen atoms in total. The molecule has 0 atom stereocenters. The van der Waals surface area contributed by atoms with E-state index in [1.807, 2.05) is 0 Å². The summed E-state index contributed by atoms with van der Waals surface area (Å²) in [6.07, 6.45) is 3.89. The van der Waals surface area contributed by atoms with Crippen molar-refractivity contribution < 1.29 is 4.52 Å². The van der Waals surface area contributed by atoms with Gasteiger partial charge in [-0.2, -0.15) is 0 Å². The fourth-order valence-electron chi connectivity index (χ4n) is 1.03. The Hall–Kier alpha value is -1.56. The SMILES string of the molecule is NNC(=NCc1ccon1)NC1CC1. The molecule has 1 heterocycles. The summed E-state index contributed by atoms with van der Waals surface area (Å²) in [4.78, 5) is 4.21. The van der Waals surface area contributed by atoms with Gasteiger partial charge in [-0.1, -0.05) is 5.16 Å². The number of hydrogen-bond donors (Lipinski definition) is 3. The van der Waals surface area contributed by atoms with Crippen LogP contribution in [0.5, 0.6) is 0 Å². The highest BCUT2D eigenvalue weighted by atomic mass is 16.5. The van der Waals surface area contributed by atoms with Crippen molar-refractivity contribution in [3.8, 4) is 0 Å².